The minimum Gasteiger partial charge on any atom is -0.332 e. The van der Waals surface area contributed by atoms with Crippen LogP contribution >= 0.6 is 0 Å². The molecular weight excluding hydrogens is 390 g/mol. The number of pyridine rings is 2. The number of nitrogens with zero attached hydrogens (tertiary/aromatic N) is 3. The molecule has 1 aliphatic carbocycles. The Bertz CT molecular complexity index is 1280. The summed E-state index contributed by atoms with van der Waals surface area (Å²) in [4.78, 5) is 12.0. The highest BCUT2D eigenvalue weighted by atomic mass is 15.2. The number of aromatic nitrogens is 2. The van der Waals surface area contributed by atoms with Gasteiger partial charge in [0.2, 0.25) is 0 Å². The minimum absolute atomic E-state index is 0.150. The Balaban J connectivity index is 1.59. The lowest BCUT2D eigenvalue weighted by Gasteiger charge is -2.34. The van der Waals surface area contributed by atoms with Gasteiger partial charge in [0.05, 0.1) is 28.8 Å². The molecule has 0 amide bonds. The fourth-order valence-corrected chi connectivity index (χ4v) is 4.81. The van der Waals surface area contributed by atoms with E-state index in [1.807, 2.05) is 48.7 Å². The van der Waals surface area contributed by atoms with Crippen LogP contribution in [-0.2, 0) is 5.41 Å². The van der Waals surface area contributed by atoms with Crippen LogP contribution in [0.4, 0.5) is 11.4 Å². The summed E-state index contributed by atoms with van der Waals surface area (Å²) in [7, 11) is 0. The van der Waals surface area contributed by atoms with Crippen molar-refractivity contribution in [3.63, 3.8) is 0 Å². The first-order chi connectivity index (χ1) is 15.7. The zero-order valence-corrected chi connectivity index (χ0v) is 17.7. The summed E-state index contributed by atoms with van der Waals surface area (Å²) >= 11 is 0. The van der Waals surface area contributed by atoms with Gasteiger partial charge < -0.3 is 4.90 Å². The van der Waals surface area contributed by atoms with E-state index in [1.165, 1.54) is 5.56 Å². The summed E-state index contributed by atoms with van der Waals surface area (Å²) in [5.74, 6) is 0. The summed E-state index contributed by atoms with van der Waals surface area (Å²) in [5, 5.41) is 0. The van der Waals surface area contributed by atoms with Gasteiger partial charge in [0.15, 0.2) is 0 Å². The van der Waals surface area contributed by atoms with Gasteiger partial charge >= 0.3 is 0 Å². The van der Waals surface area contributed by atoms with Crippen LogP contribution in [0.25, 0.3) is 22.6 Å². The Kier molecular flexibility index (Phi) is 4.19. The third-order valence-electron chi connectivity index (χ3n) is 6.40. The molecule has 0 saturated heterocycles. The summed E-state index contributed by atoms with van der Waals surface area (Å²) in [5.41, 5.74) is 6.99. The average Bonchev–Trinajstić information content (AvgIpc) is 3.13. The van der Waals surface area contributed by atoms with E-state index in [4.69, 9.17) is 4.98 Å². The maximum Gasteiger partial charge on any atom is 0.0914 e. The van der Waals surface area contributed by atoms with Crippen LogP contribution in [0.5, 0.6) is 0 Å². The van der Waals surface area contributed by atoms with Gasteiger partial charge in [0.25, 0.3) is 0 Å². The normalized spacial score (nSPS) is 20.5. The van der Waals surface area contributed by atoms with Gasteiger partial charge in [-0.3, -0.25) is 4.98 Å². The zero-order valence-electron chi connectivity index (χ0n) is 17.7. The summed E-state index contributed by atoms with van der Waals surface area (Å²) in [6, 6.07) is 31.4. The van der Waals surface area contributed by atoms with E-state index in [1.54, 1.807) is 0 Å². The van der Waals surface area contributed by atoms with Crippen molar-refractivity contribution in [1.82, 2.24) is 9.97 Å². The number of hydrogen-bond donors (Lipinski definition) is 0. The van der Waals surface area contributed by atoms with E-state index in [2.05, 4.69) is 83.6 Å². The lowest BCUT2D eigenvalue weighted by atomic mass is 9.76. The van der Waals surface area contributed by atoms with Crippen molar-refractivity contribution in [2.75, 3.05) is 4.90 Å². The largest absolute Gasteiger partial charge is 0.332 e. The molecular formula is C29H21N3. The highest BCUT2D eigenvalue weighted by Gasteiger charge is 2.46. The molecule has 0 radical (unpaired) electrons. The second-order valence-corrected chi connectivity index (χ2v) is 8.38. The van der Waals surface area contributed by atoms with Crippen molar-refractivity contribution in [3.8, 4) is 22.6 Å². The number of fused-ring (bicyclic) bond motifs is 3. The lowest BCUT2D eigenvalue weighted by Crippen LogP contribution is -2.39. The highest BCUT2D eigenvalue weighted by molar-refractivity contribution is 5.80. The predicted molar refractivity (Wildman–Crippen MR) is 129 cm³/mol. The van der Waals surface area contributed by atoms with Gasteiger partial charge in [-0.25, -0.2) is 4.98 Å². The fraction of sp³-hybridized carbons (Fsp3) is 0.103. The molecule has 3 nitrogen and oxygen atoms in total. The Morgan fingerprint density at radius 1 is 0.906 bits per heavy atom. The van der Waals surface area contributed by atoms with Crippen molar-refractivity contribution in [2.24, 2.45) is 0 Å². The third-order valence-corrected chi connectivity index (χ3v) is 6.40. The SMILES string of the molecule is CC12C=CC=CC1N(c1cc(-c3ccccc3)nc(-c3ccccn3)c1)c1ccc#cc12. The monoisotopic (exact) mass is 411 g/mol. The van der Waals surface area contributed by atoms with E-state index in [0.717, 1.165) is 34.0 Å². The minimum atomic E-state index is -0.164. The second-order valence-electron chi connectivity index (χ2n) is 8.38. The number of allylic oxidation sites excluding steroid dienone is 2. The molecule has 2 unspecified atom stereocenters. The number of anilines is 2. The van der Waals surface area contributed by atoms with E-state index in [-0.39, 0.29) is 11.5 Å². The van der Waals surface area contributed by atoms with Crippen LogP contribution in [0, 0.1) is 12.1 Å². The Morgan fingerprint density at radius 3 is 2.59 bits per heavy atom. The summed E-state index contributed by atoms with van der Waals surface area (Å²) in [6.45, 7) is 2.28. The molecule has 32 heavy (non-hydrogen) atoms. The average molecular weight is 412 g/mol. The van der Waals surface area contributed by atoms with Crippen LogP contribution in [0.1, 0.15) is 12.5 Å². The van der Waals surface area contributed by atoms with E-state index >= 15 is 0 Å². The summed E-state index contributed by atoms with van der Waals surface area (Å²) < 4.78 is 0. The van der Waals surface area contributed by atoms with Crippen LogP contribution in [0.2, 0.25) is 0 Å². The molecule has 2 aliphatic rings. The number of benzene rings is 1. The molecule has 6 rings (SSSR count). The van der Waals surface area contributed by atoms with Crippen LogP contribution in [0.3, 0.4) is 0 Å². The van der Waals surface area contributed by atoms with Crippen molar-refractivity contribution >= 4 is 11.4 Å². The number of hydrogen-bond acceptors (Lipinski definition) is 3. The maximum atomic E-state index is 4.99. The lowest BCUT2D eigenvalue weighted by molar-refractivity contribution is 0.551. The van der Waals surface area contributed by atoms with Gasteiger partial charge in [-0.05, 0) is 43.3 Å². The van der Waals surface area contributed by atoms with Gasteiger partial charge in [0.1, 0.15) is 0 Å². The van der Waals surface area contributed by atoms with Gasteiger partial charge in [0, 0.05) is 28.4 Å². The molecule has 0 bridgehead atoms. The first kappa shape index (κ1) is 18.6. The number of rotatable bonds is 3. The second kappa shape index (κ2) is 7.21. The molecule has 0 saturated carbocycles. The van der Waals surface area contributed by atoms with Crippen LogP contribution < -0.4 is 4.90 Å². The standard InChI is InChI=1S/C29H21N3/c1-29-17-9-7-16-28(29)32(27-15-6-5-13-23(27)29)22-19-25(21-11-3-2-4-12-21)31-26(20-22)24-14-8-10-18-30-24/h2-4,6-12,14-20,28H,1H3. The fourth-order valence-electron chi connectivity index (χ4n) is 4.81. The molecule has 3 heterocycles. The molecule has 1 aliphatic heterocycles. The van der Waals surface area contributed by atoms with Crippen LogP contribution in [-0.4, -0.2) is 16.0 Å². The highest BCUT2D eigenvalue weighted by Crippen LogP contribution is 2.51. The molecule has 152 valence electrons. The smallest absolute Gasteiger partial charge is 0.0914 e. The van der Waals surface area contributed by atoms with Crippen molar-refractivity contribution in [3.05, 3.63) is 121 Å². The molecule has 0 spiro atoms. The maximum absolute atomic E-state index is 4.99. The third kappa shape index (κ3) is 2.85. The van der Waals surface area contributed by atoms with E-state index < -0.39 is 0 Å². The molecule has 0 fully saturated rings. The van der Waals surface area contributed by atoms with Crippen molar-refractivity contribution in [2.45, 2.75) is 18.4 Å². The Labute approximate surface area is 188 Å². The van der Waals surface area contributed by atoms with Gasteiger partial charge in [-0.1, -0.05) is 72.8 Å². The molecule has 2 aromatic heterocycles. The summed E-state index contributed by atoms with van der Waals surface area (Å²) in [6.07, 6.45) is 10.6. The van der Waals surface area contributed by atoms with Crippen LogP contribution in [0.15, 0.2) is 103 Å². The van der Waals surface area contributed by atoms with E-state index in [0.29, 0.717) is 0 Å². The molecule has 2 atom stereocenters. The molecule has 0 N–H and O–H groups in total. The van der Waals surface area contributed by atoms with Crippen molar-refractivity contribution < 1.29 is 0 Å². The zero-order chi connectivity index (χ0) is 21.5. The Hall–Kier alpha value is -4.16. The predicted octanol–water partition coefficient (Wildman–Crippen LogP) is 6.31. The molecule has 3 heteroatoms. The van der Waals surface area contributed by atoms with Gasteiger partial charge in [-0.15, -0.1) is 0 Å². The molecule has 2 aromatic carbocycles. The Morgan fingerprint density at radius 2 is 1.75 bits per heavy atom. The topological polar surface area (TPSA) is 29.0 Å². The van der Waals surface area contributed by atoms with Crippen molar-refractivity contribution in [1.29, 1.82) is 0 Å². The van der Waals surface area contributed by atoms with Gasteiger partial charge in [-0.2, -0.15) is 0 Å². The quantitative estimate of drug-likeness (QED) is 0.395. The first-order valence-corrected chi connectivity index (χ1v) is 10.8. The molecule has 4 aromatic rings. The van der Waals surface area contributed by atoms with E-state index in [9.17, 15) is 0 Å². The first-order valence-electron chi connectivity index (χ1n) is 10.8.